The first-order valence-electron chi connectivity index (χ1n) is 10.3. The van der Waals surface area contributed by atoms with E-state index in [4.69, 9.17) is 4.74 Å². The topological polar surface area (TPSA) is 69.9 Å². The van der Waals surface area contributed by atoms with E-state index in [9.17, 15) is 15.3 Å². The van der Waals surface area contributed by atoms with Gasteiger partial charge < -0.3 is 20.1 Å². The van der Waals surface area contributed by atoms with Crippen molar-refractivity contribution >= 4 is 0 Å². The van der Waals surface area contributed by atoms with E-state index in [2.05, 4.69) is 13.0 Å². The molecule has 1 unspecified atom stereocenters. The van der Waals surface area contributed by atoms with Gasteiger partial charge in [0.1, 0.15) is 12.4 Å². The zero-order chi connectivity index (χ0) is 21.7. The predicted octanol–water partition coefficient (Wildman–Crippen LogP) is 4.92. The van der Waals surface area contributed by atoms with Gasteiger partial charge in [0, 0.05) is 0 Å². The minimum Gasteiger partial charge on any atom is -0.489 e. The molecule has 30 heavy (non-hydrogen) atoms. The lowest BCUT2D eigenvalue weighted by atomic mass is 9.93. The largest absolute Gasteiger partial charge is 0.489 e. The number of hydrogen-bond acceptors (Lipinski definition) is 4. The van der Waals surface area contributed by atoms with Gasteiger partial charge in [0.05, 0.1) is 19.3 Å². The Morgan fingerprint density at radius 1 is 0.867 bits per heavy atom. The summed E-state index contributed by atoms with van der Waals surface area (Å²) in [6.07, 6.45) is -0.464. The maximum Gasteiger partial charge on any atom is 0.120 e. The second kappa shape index (κ2) is 9.90. The maximum atomic E-state index is 10.3. The summed E-state index contributed by atoms with van der Waals surface area (Å²) in [4.78, 5) is 0. The average Bonchev–Trinajstić information content (AvgIpc) is 2.76. The molecule has 4 nitrogen and oxygen atoms in total. The monoisotopic (exact) mass is 406 g/mol. The molecule has 1 atom stereocenters. The van der Waals surface area contributed by atoms with Crippen LogP contribution in [0.1, 0.15) is 47.8 Å². The van der Waals surface area contributed by atoms with Crippen LogP contribution in [-0.4, -0.2) is 15.3 Å². The Kier molecular flexibility index (Phi) is 7.27. The third kappa shape index (κ3) is 5.08. The Hall–Kier alpha value is -2.66. The van der Waals surface area contributed by atoms with Crippen LogP contribution in [0.2, 0.25) is 0 Å². The third-order valence-corrected chi connectivity index (χ3v) is 5.39. The van der Waals surface area contributed by atoms with Crippen molar-refractivity contribution < 1.29 is 20.1 Å². The molecular weight excluding hydrogens is 376 g/mol. The molecule has 158 valence electrons. The van der Waals surface area contributed by atoms with Crippen molar-refractivity contribution in [3.8, 4) is 16.9 Å². The molecule has 0 saturated heterocycles. The highest BCUT2D eigenvalue weighted by molar-refractivity contribution is 5.69. The molecule has 3 aromatic rings. The molecule has 0 aliphatic heterocycles. The van der Waals surface area contributed by atoms with E-state index in [1.54, 1.807) is 0 Å². The molecule has 3 aromatic carbocycles. The molecule has 0 aliphatic carbocycles. The quantitative estimate of drug-likeness (QED) is 0.497. The van der Waals surface area contributed by atoms with Gasteiger partial charge in [-0.2, -0.15) is 0 Å². The number of ether oxygens (including phenoxy) is 1. The van der Waals surface area contributed by atoms with Gasteiger partial charge >= 0.3 is 0 Å². The lowest BCUT2D eigenvalue weighted by Crippen LogP contribution is -2.05. The van der Waals surface area contributed by atoms with E-state index in [0.717, 1.165) is 39.1 Å². The van der Waals surface area contributed by atoms with Gasteiger partial charge in [0.2, 0.25) is 0 Å². The van der Waals surface area contributed by atoms with Gasteiger partial charge in [-0.15, -0.1) is 0 Å². The third-order valence-electron chi connectivity index (χ3n) is 5.39. The summed E-state index contributed by atoms with van der Waals surface area (Å²) >= 11 is 0. The summed E-state index contributed by atoms with van der Waals surface area (Å²) in [5, 5.41) is 29.1. The SMILES string of the molecule is Cc1cc(C(O)C(C)C)ccc1-c1cccc(OCc2ccc(CO)c(CO)c2)c1. The number of rotatable bonds is 8. The van der Waals surface area contributed by atoms with Crippen molar-refractivity contribution in [1.29, 1.82) is 0 Å². The Morgan fingerprint density at radius 2 is 1.63 bits per heavy atom. The van der Waals surface area contributed by atoms with Crippen molar-refractivity contribution in [2.24, 2.45) is 5.92 Å². The minimum atomic E-state index is -0.464. The highest BCUT2D eigenvalue weighted by atomic mass is 16.5. The normalized spacial score (nSPS) is 12.2. The van der Waals surface area contributed by atoms with Gasteiger partial charge in [-0.05, 0) is 70.0 Å². The van der Waals surface area contributed by atoms with Crippen LogP contribution in [0.3, 0.4) is 0 Å². The van der Waals surface area contributed by atoms with Crippen LogP contribution < -0.4 is 4.74 Å². The van der Waals surface area contributed by atoms with Gasteiger partial charge in [-0.3, -0.25) is 0 Å². The molecule has 0 aromatic heterocycles. The van der Waals surface area contributed by atoms with E-state index in [1.165, 1.54) is 0 Å². The summed E-state index contributed by atoms with van der Waals surface area (Å²) in [5.74, 6) is 0.930. The van der Waals surface area contributed by atoms with E-state index < -0.39 is 6.10 Å². The highest BCUT2D eigenvalue weighted by Gasteiger charge is 2.13. The van der Waals surface area contributed by atoms with Crippen molar-refractivity contribution in [1.82, 2.24) is 0 Å². The molecule has 0 spiro atoms. The lowest BCUT2D eigenvalue weighted by Gasteiger charge is -2.17. The van der Waals surface area contributed by atoms with Crippen molar-refractivity contribution in [3.63, 3.8) is 0 Å². The highest BCUT2D eigenvalue weighted by Crippen LogP contribution is 2.30. The van der Waals surface area contributed by atoms with Gasteiger partial charge in [0.25, 0.3) is 0 Å². The number of aliphatic hydroxyl groups excluding tert-OH is 3. The summed E-state index contributed by atoms with van der Waals surface area (Å²) in [7, 11) is 0. The average molecular weight is 407 g/mol. The second-order valence-corrected chi connectivity index (χ2v) is 8.00. The number of aryl methyl sites for hydroxylation is 1. The van der Waals surface area contributed by atoms with Crippen LogP contribution in [0, 0.1) is 12.8 Å². The molecule has 0 bridgehead atoms. The predicted molar refractivity (Wildman–Crippen MR) is 119 cm³/mol. The molecule has 3 rings (SSSR count). The van der Waals surface area contributed by atoms with Crippen molar-refractivity contribution in [2.45, 2.75) is 46.7 Å². The molecule has 3 N–H and O–H groups in total. The summed E-state index contributed by atoms with van der Waals surface area (Å²) in [5.41, 5.74) is 6.58. The number of benzene rings is 3. The smallest absolute Gasteiger partial charge is 0.120 e. The molecule has 0 amide bonds. The fourth-order valence-electron chi connectivity index (χ4n) is 3.57. The van der Waals surface area contributed by atoms with Gasteiger partial charge in [-0.1, -0.05) is 56.3 Å². The van der Waals surface area contributed by atoms with Crippen LogP contribution in [0.15, 0.2) is 60.7 Å². The van der Waals surface area contributed by atoms with Crippen LogP contribution in [0.25, 0.3) is 11.1 Å². The summed E-state index contributed by atoms with van der Waals surface area (Å²) in [6.45, 7) is 6.25. The van der Waals surface area contributed by atoms with Gasteiger partial charge in [0.15, 0.2) is 0 Å². The van der Waals surface area contributed by atoms with Crippen LogP contribution in [0.4, 0.5) is 0 Å². The first-order chi connectivity index (χ1) is 14.4. The Morgan fingerprint density at radius 3 is 2.30 bits per heavy atom. The first-order valence-corrected chi connectivity index (χ1v) is 10.3. The fourth-order valence-corrected chi connectivity index (χ4v) is 3.57. The van der Waals surface area contributed by atoms with Crippen molar-refractivity contribution in [3.05, 3.63) is 88.5 Å². The van der Waals surface area contributed by atoms with E-state index >= 15 is 0 Å². The molecule has 0 aliphatic rings. The molecule has 0 fully saturated rings. The van der Waals surface area contributed by atoms with Crippen LogP contribution in [-0.2, 0) is 19.8 Å². The Balaban J connectivity index is 1.77. The number of aliphatic hydroxyl groups is 3. The standard InChI is InChI=1S/C26H30O4/c1-17(2)26(29)21-9-10-25(18(3)11-21)20-5-4-6-24(13-20)30-16-19-7-8-22(14-27)23(12-19)15-28/h4-13,17,26-29H,14-16H2,1-3H3. The van der Waals surface area contributed by atoms with Gasteiger partial charge in [-0.25, -0.2) is 0 Å². The van der Waals surface area contributed by atoms with E-state index in [1.807, 2.05) is 68.4 Å². The summed E-state index contributed by atoms with van der Waals surface area (Å²) in [6, 6.07) is 19.6. The molecular formula is C26H30O4. The minimum absolute atomic E-state index is 0.0919. The maximum absolute atomic E-state index is 10.3. The summed E-state index contributed by atoms with van der Waals surface area (Å²) < 4.78 is 5.98. The van der Waals surface area contributed by atoms with E-state index in [0.29, 0.717) is 12.2 Å². The molecule has 0 heterocycles. The first kappa shape index (κ1) is 22.0. The Labute approximate surface area is 178 Å². The fraction of sp³-hybridized carbons (Fsp3) is 0.308. The van der Waals surface area contributed by atoms with Crippen LogP contribution in [0.5, 0.6) is 5.75 Å². The second-order valence-electron chi connectivity index (χ2n) is 8.00. The lowest BCUT2D eigenvalue weighted by molar-refractivity contribution is 0.127. The zero-order valence-corrected chi connectivity index (χ0v) is 17.8. The van der Waals surface area contributed by atoms with Crippen LogP contribution >= 0.6 is 0 Å². The van der Waals surface area contributed by atoms with E-state index in [-0.39, 0.29) is 19.1 Å². The molecule has 4 heteroatoms. The van der Waals surface area contributed by atoms with Crippen molar-refractivity contribution in [2.75, 3.05) is 0 Å². The molecule has 0 radical (unpaired) electrons. The Bertz CT molecular complexity index is 994. The molecule has 0 saturated carbocycles. The number of hydrogen-bond donors (Lipinski definition) is 3. The zero-order valence-electron chi connectivity index (χ0n) is 17.8.